The molecule has 0 unspecified atom stereocenters. The Morgan fingerprint density at radius 2 is 1.78 bits per heavy atom. The molecule has 0 radical (unpaired) electrons. The lowest BCUT2D eigenvalue weighted by atomic mass is 10.0. The number of fused-ring (bicyclic) bond motifs is 2. The minimum absolute atomic E-state index is 0.0973. The van der Waals surface area contributed by atoms with E-state index in [1.54, 1.807) is 11.8 Å². The maximum absolute atomic E-state index is 13.2. The van der Waals surface area contributed by atoms with Crippen LogP contribution in [0.4, 0.5) is 5.69 Å². The average molecular weight is 505 g/mol. The summed E-state index contributed by atoms with van der Waals surface area (Å²) in [5.41, 5.74) is 7.24. The van der Waals surface area contributed by atoms with Crippen LogP contribution < -0.4 is 21.3 Å². The van der Waals surface area contributed by atoms with E-state index in [1.807, 2.05) is 66.7 Å². The van der Waals surface area contributed by atoms with Crippen molar-refractivity contribution in [1.29, 1.82) is 0 Å². The SMILES string of the molecule is NCCCCNC(=O)[C@@H](Cc1ccc2ccccc2c1)NC(=O)CN1C(=O)CCSc2ccccc21. The number of para-hydroxylation sites is 1. The molecular weight excluding hydrogens is 472 g/mol. The molecule has 1 aliphatic heterocycles. The van der Waals surface area contributed by atoms with Crippen LogP contribution in [0.15, 0.2) is 71.6 Å². The quantitative estimate of drug-likeness (QED) is 0.368. The van der Waals surface area contributed by atoms with Crippen molar-refractivity contribution in [2.75, 3.05) is 30.3 Å². The van der Waals surface area contributed by atoms with Gasteiger partial charge in [0.05, 0.1) is 5.69 Å². The van der Waals surface area contributed by atoms with Crippen LogP contribution >= 0.6 is 11.8 Å². The van der Waals surface area contributed by atoms with Gasteiger partial charge in [-0.3, -0.25) is 14.4 Å². The van der Waals surface area contributed by atoms with Crippen molar-refractivity contribution in [3.63, 3.8) is 0 Å². The fourth-order valence-electron chi connectivity index (χ4n) is 4.29. The van der Waals surface area contributed by atoms with E-state index in [0.717, 1.165) is 39.8 Å². The van der Waals surface area contributed by atoms with Gasteiger partial charge in [0, 0.05) is 30.0 Å². The molecule has 188 valence electrons. The first kappa shape index (κ1) is 25.7. The van der Waals surface area contributed by atoms with Gasteiger partial charge in [0.15, 0.2) is 0 Å². The molecule has 0 aliphatic carbocycles. The summed E-state index contributed by atoms with van der Waals surface area (Å²) in [6.45, 7) is 0.928. The lowest BCUT2D eigenvalue weighted by molar-refractivity contribution is -0.129. The van der Waals surface area contributed by atoms with E-state index >= 15 is 0 Å². The van der Waals surface area contributed by atoms with Gasteiger partial charge in [0.1, 0.15) is 12.6 Å². The average Bonchev–Trinajstić information content (AvgIpc) is 3.04. The van der Waals surface area contributed by atoms with Crippen molar-refractivity contribution >= 4 is 45.9 Å². The molecular formula is C28H32N4O3S. The van der Waals surface area contributed by atoms with E-state index < -0.39 is 6.04 Å². The molecule has 8 heteroatoms. The fourth-order valence-corrected chi connectivity index (χ4v) is 5.29. The van der Waals surface area contributed by atoms with Gasteiger partial charge >= 0.3 is 0 Å². The molecule has 0 bridgehead atoms. The second kappa shape index (κ2) is 12.6. The van der Waals surface area contributed by atoms with Crippen molar-refractivity contribution in [1.82, 2.24) is 10.6 Å². The van der Waals surface area contributed by atoms with Crippen LogP contribution in [0.25, 0.3) is 10.8 Å². The molecule has 3 aromatic carbocycles. The molecule has 3 aromatic rings. The largest absolute Gasteiger partial charge is 0.354 e. The van der Waals surface area contributed by atoms with Crippen molar-refractivity contribution in [2.45, 2.75) is 36.6 Å². The van der Waals surface area contributed by atoms with E-state index in [-0.39, 0.29) is 24.3 Å². The first-order valence-corrected chi connectivity index (χ1v) is 13.3. The summed E-state index contributed by atoms with van der Waals surface area (Å²) in [6, 6.07) is 20.9. The summed E-state index contributed by atoms with van der Waals surface area (Å²) in [7, 11) is 0. The monoisotopic (exact) mass is 504 g/mol. The van der Waals surface area contributed by atoms with Crippen LogP contribution in [0.5, 0.6) is 0 Å². The first-order chi connectivity index (χ1) is 17.5. The third-order valence-electron chi connectivity index (χ3n) is 6.17. The standard InChI is InChI=1S/C28H32N4O3S/c29-14-5-6-15-30-28(35)23(18-20-11-12-21-7-1-2-8-22(21)17-20)31-26(33)19-32-24-9-3-4-10-25(24)36-16-13-27(32)34/h1-4,7-12,17,23H,5-6,13-16,18-19,29H2,(H,30,35)(H,31,33)/t23-/m1/s1. The van der Waals surface area contributed by atoms with Crippen LogP contribution in [0.3, 0.4) is 0 Å². The minimum Gasteiger partial charge on any atom is -0.354 e. The maximum Gasteiger partial charge on any atom is 0.242 e. The van der Waals surface area contributed by atoms with Crippen LogP contribution in [0.2, 0.25) is 0 Å². The third-order valence-corrected chi connectivity index (χ3v) is 7.23. The summed E-state index contributed by atoms with van der Waals surface area (Å²) in [5.74, 6) is -0.0384. The highest BCUT2D eigenvalue weighted by Gasteiger charge is 2.27. The number of unbranched alkanes of at least 4 members (excludes halogenated alkanes) is 1. The Morgan fingerprint density at radius 3 is 2.61 bits per heavy atom. The predicted octanol–water partition coefficient (Wildman–Crippen LogP) is 3.25. The zero-order valence-corrected chi connectivity index (χ0v) is 21.1. The number of hydrogen-bond donors (Lipinski definition) is 3. The molecule has 7 nitrogen and oxygen atoms in total. The van der Waals surface area contributed by atoms with E-state index in [1.165, 1.54) is 4.90 Å². The Bertz CT molecular complexity index is 1230. The zero-order valence-electron chi connectivity index (χ0n) is 20.2. The number of benzene rings is 3. The van der Waals surface area contributed by atoms with Gasteiger partial charge in [-0.15, -0.1) is 11.8 Å². The van der Waals surface area contributed by atoms with Gasteiger partial charge < -0.3 is 21.3 Å². The minimum atomic E-state index is -0.761. The number of nitrogens with two attached hydrogens (primary N) is 1. The number of thioether (sulfide) groups is 1. The summed E-state index contributed by atoms with van der Waals surface area (Å²) in [5, 5.41) is 8.01. The van der Waals surface area contributed by atoms with Gasteiger partial charge in [0.2, 0.25) is 17.7 Å². The van der Waals surface area contributed by atoms with Crippen molar-refractivity contribution in [3.8, 4) is 0 Å². The topological polar surface area (TPSA) is 105 Å². The Kier molecular flexibility index (Phi) is 8.97. The van der Waals surface area contributed by atoms with Crippen LogP contribution in [-0.4, -0.2) is 49.2 Å². The molecule has 1 atom stereocenters. The van der Waals surface area contributed by atoms with Crippen LogP contribution in [0, 0.1) is 0 Å². The highest BCUT2D eigenvalue weighted by molar-refractivity contribution is 7.99. The van der Waals surface area contributed by atoms with Gasteiger partial charge in [-0.2, -0.15) is 0 Å². The Hall–Kier alpha value is -3.36. The lowest BCUT2D eigenvalue weighted by Crippen LogP contribution is -2.51. The van der Waals surface area contributed by atoms with Gasteiger partial charge in [-0.05, 0) is 47.9 Å². The second-order valence-electron chi connectivity index (χ2n) is 8.84. The summed E-state index contributed by atoms with van der Waals surface area (Å²) < 4.78 is 0. The number of rotatable bonds is 10. The molecule has 36 heavy (non-hydrogen) atoms. The molecule has 0 saturated carbocycles. The number of nitrogens with zero attached hydrogens (tertiary/aromatic N) is 1. The molecule has 4 N–H and O–H groups in total. The van der Waals surface area contributed by atoms with Gasteiger partial charge in [-0.25, -0.2) is 0 Å². The molecule has 0 aromatic heterocycles. The molecule has 3 amide bonds. The number of hydrogen-bond acceptors (Lipinski definition) is 5. The first-order valence-electron chi connectivity index (χ1n) is 12.3. The Balaban J connectivity index is 1.50. The van der Waals surface area contributed by atoms with Gasteiger partial charge in [-0.1, -0.05) is 54.6 Å². The highest BCUT2D eigenvalue weighted by atomic mass is 32.2. The lowest BCUT2D eigenvalue weighted by Gasteiger charge is -2.24. The smallest absolute Gasteiger partial charge is 0.242 e. The Morgan fingerprint density at radius 1 is 1.00 bits per heavy atom. The maximum atomic E-state index is 13.2. The normalized spacial score (nSPS) is 14.1. The van der Waals surface area contributed by atoms with Gasteiger partial charge in [0.25, 0.3) is 0 Å². The highest BCUT2D eigenvalue weighted by Crippen LogP contribution is 2.33. The fraction of sp³-hybridized carbons (Fsp3) is 0.321. The van der Waals surface area contributed by atoms with Crippen LogP contribution in [0.1, 0.15) is 24.8 Å². The third kappa shape index (κ3) is 6.65. The van der Waals surface area contributed by atoms with Crippen molar-refractivity contribution in [2.24, 2.45) is 5.73 Å². The summed E-state index contributed by atoms with van der Waals surface area (Å²) in [4.78, 5) is 41.5. The Labute approximate surface area is 215 Å². The van der Waals surface area contributed by atoms with E-state index in [9.17, 15) is 14.4 Å². The molecule has 1 heterocycles. The molecule has 0 saturated heterocycles. The number of amides is 3. The molecule has 4 rings (SSSR count). The number of anilines is 1. The number of carbonyl (C=O) groups excluding carboxylic acids is 3. The summed E-state index contributed by atoms with van der Waals surface area (Å²) in [6.07, 6.45) is 2.29. The summed E-state index contributed by atoms with van der Waals surface area (Å²) >= 11 is 1.61. The van der Waals surface area contributed by atoms with E-state index in [4.69, 9.17) is 5.73 Å². The van der Waals surface area contributed by atoms with Crippen molar-refractivity contribution in [3.05, 3.63) is 72.3 Å². The predicted molar refractivity (Wildman–Crippen MR) is 145 cm³/mol. The second-order valence-corrected chi connectivity index (χ2v) is 9.98. The zero-order chi connectivity index (χ0) is 25.3. The van der Waals surface area contributed by atoms with E-state index in [0.29, 0.717) is 31.7 Å². The number of nitrogens with one attached hydrogen (secondary N) is 2. The van der Waals surface area contributed by atoms with Crippen LogP contribution in [-0.2, 0) is 20.8 Å². The number of carbonyl (C=O) groups is 3. The molecule has 0 spiro atoms. The van der Waals surface area contributed by atoms with Crippen molar-refractivity contribution < 1.29 is 14.4 Å². The molecule has 1 aliphatic rings. The van der Waals surface area contributed by atoms with E-state index in [2.05, 4.69) is 10.6 Å². The molecule has 0 fully saturated rings.